The number of fused-ring (bicyclic) bond motifs is 3. The van der Waals surface area contributed by atoms with Crippen LogP contribution >= 0.6 is 0 Å². The van der Waals surface area contributed by atoms with Crippen molar-refractivity contribution < 1.29 is 14.3 Å². The maximum Gasteiger partial charge on any atom is 0.231 e. The highest BCUT2D eigenvalue weighted by Gasteiger charge is 2.41. The number of benzene rings is 1. The quantitative estimate of drug-likeness (QED) is 0.817. The Morgan fingerprint density at radius 1 is 1.15 bits per heavy atom. The summed E-state index contributed by atoms with van der Waals surface area (Å²) in [6.45, 7) is 3.19. The molecule has 0 unspecified atom stereocenters. The van der Waals surface area contributed by atoms with Crippen LogP contribution < -0.4 is 14.4 Å². The highest BCUT2D eigenvalue weighted by Crippen LogP contribution is 2.43. The molecule has 2 aliphatic heterocycles. The van der Waals surface area contributed by atoms with Crippen LogP contribution in [-0.2, 0) is 4.79 Å². The number of pyridine rings is 1. The number of rotatable bonds is 2. The number of aromatic nitrogens is 1. The van der Waals surface area contributed by atoms with Crippen molar-refractivity contribution in [2.24, 2.45) is 11.8 Å². The van der Waals surface area contributed by atoms with Crippen molar-refractivity contribution in [3.8, 4) is 11.5 Å². The van der Waals surface area contributed by atoms with E-state index in [1.807, 2.05) is 24.9 Å². The molecule has 6 nitrogen and oxygen atoms in total. The second-order valence-electron chi connectivity index (χ2n) is 8.24. The highest BCUT2D eigenvalue weighted by atomic mass is 16.7. The Morgan fingerprint density at radius 2 is 1.89 bits per heavy atom. The maximum absolute atomic E-state index is 12.1. The predicted molar refractivity (Wildman–Crippen MR) is 103 cm³/mol. The Bertz CT molecular complexity index is 929. The molecule has 1 saturated heterocycles. The number of hydrogen-bond acceptors (Lipinski definition) is 5. The summed E-state index contributed by atoms with van der Waals surface area (Å²) in [7, 11) is 4.10. The van der Waals surface area contributed by atoms with Gasteiger partial charge in [-0.3, -0.25) is 9.78 Å². The smallest absolute Gasteiger partial charge is 0.231 e. The minimum Gasteiger partial charge on any atom is -0.454 e. The average Bonchev–Trinajstić information content (AvgIpc) is 3.25. The van der Waals surface area contributed by atoms with Crippen LogP contribution in [0, 0.1) is 18.8 Å². The van der Waals surface area contributed by atoms with Crippen LogP contribution in [0.4, 0.5) is 5.69 Å². The van der Waals surface area contributed by atoms with Gasteiger partial charge in [0.25, 0.3) is 0 Å². The van der Waals surface area contributed by atoms with Crippen LogP contribution in [0.25, 0.3) is 10.9 Å². The van der Waals surface area contributed by atoms with Gasteiger partial charge in [-0.05, 0) is 43.7 Å². The number of aryl methyl sites for hydroxylation is 1. The van der Waals surface area contributed by atoms with Crippen molar-refractivity contribution >= 4 is 22.5 Å². The lowest BCUT2D eigenvalue weighted by molar-refractivity contribution is -0.134. The van der Waals surface area contributed by atoms with Gasteiger partial charge in [0.2, 0.25) is 12.7 Å². The molecule has 0 spiro atoms. The first-order chi connectivity index (χ1) is 13.0. The summed E-state index contributed by atoms with van der Waals surface area (Å²) in [5, 5.41) is 1.09. The van der Waals surface area contributed by atoms with E-state index in [4.69, 9.17) is 14.5 Å². The maximum atomic E-state index is 12.1. The number of likely N-dealkylation sites (tertiary alicyclic amines) is 1. The summed E-state index contributed by atoms with van der Waals surface area (Å²) in [4.78, 5) is 21.1. The number of hydrogen-bond donors (Lipinski definition) is 0. The number of piperidine rings is 1. The molecule has 142 valence electrons. The fourth-order valence-corrected chi connectivity index (χ4v) is 5.02. The molecular formula is C21H25N3O3. The minimum atomic E-state index is 0.267. The lowest BCUT2D eigenvalue weighted by atomic mass is 9.88. The Hall–Kier alpha value is -2.50. The third kappa shape index (κ3) is 2.69. The molecule has 3 heterocycles. The molecule has 1 aromatic carbocycles. The molecule has 1 saturated carbocycles. The fraction of sp³-hybridized carbons (Fsp3) is 0.524. The zero-order valence-corrected chi connectivity index (χ0v) is 16.1. The Balaban J connectivity index is 1.49. The predicted octanol–water partition coefficient (Wildman–Crippen LogP) is 2.97. The summed E-state index contributed by atoms with van der Waals surface area (Å²) in [5.41, 5.74) is 3.11. The molecule has 1 aliphatic carbocycles. The molecule has 0 radical (unpaired) electrons. The van der Waals surface area contributed by atoms with E-state index >= 15 is 0 Å². The Kier molecular flexibility index (Phi) is 3.71. The van der Waals surface area contributed by atoms with Crippen molar-refractivity contribution in [2.45, 2.75) is 32.2 Å². The highest BCUT2D eigenvalue weighted by molar-refractivity contribution is 5.94. The minimum absolute atomic E-state index is 0.267. The van der Waals surface area contributed by atoms with Gasteiger partial charge in [0, 0.05) is 55.9 Å². The first-order valence-electron chi connectivity index (χ1n) is 9.67. The van der Waals surface area contributed by atoms with Gasteiger partial charge in [-0.1, -0.05) is 0 Å². The van der Waals surface area contributed by atoms with Crippen molar-refractivity contribution in [2.75, 3.05) is 32.3 Å². The third-order valence-corrected chi connectivity index (χ3v) is 6.52. The lowest BCUT2D eigenvalue weighted by Gasteiger charge is -2.31. The summed E-state index contributed by atoms with van der Waals surface area (Å²) in [6.07, 6.45) is 2.90. The molecule has 2 fully saturated rings. The number of ether oxygens (including phenoxy) is 2. The molecule has 5 rings (SSSR count). The van der Waals surface area contributed by atoms with Crippen molar-refractivity contribution in [1.29, 1.82) is 0 Å². The fourth-order valence-electron chi connectivity index (χ4n) is 5.02. The molecule has 27 heavy (non-hydrogen) atoms. The SMILES string of the molecule is Cc1cc(N(C)[C@H]2C[C@H]3CC(=O)N(C)C[C@H]3C2)c2cc3c(cc2n1)OCO3. The van der Waals surface area contributed by atoms with E-state index in [1.54, 1.807) is 0 Å². The van der Waals surface area contributed by atoms with E-state index < -0.39 is 0 Å². The zero-order chi connectivity index (χ0) is 18.7. The summed E-state index contributed by atoms with van der Waals surface area (Å²) >= 11 is 0. The number of amides is 1. The monoisotopic (exact) mass is 367 g/mol. The van der Waals surface area contributed by atoms with Crippen LogP contribution in [0.1, 0.15) is 25.0 Å². The molecule has 1 amide bonds. The van der Waals surface area contributed by atoms with E-state index in [0.717, 1.165) is 47.5 Å². The Labute approximate surface area is 159 Å². The number of anilines is 1. The van der Waals surface area contributed by atoms with Crippen LogP contribution in [0.3, 0.4) is 0 Å². The number of carbonyl (C=O) groups excluding carboxylic acids is 1. The third-order valence-electron chi connectivity index (χ3n) is 6.52. The topological polar surface area (TPSA) is 54.9 Å². The average molecular weight is 367 g/mol. The molecule has 1 aromatic heterocycles. The van der Waals surface area contributed by atoms with Gasteiger partial charge in [-0.25, -0.2) is 0 Å². The van der Waals surface area contributed by atoms with Gasteiger partial charge < -0.3 is 19.3 Å². The normalized spacial score (nSPS) is 26.6. The standard InChI is InChI=1S/C21H25N3O3/c1-12-4-18(16-8-19-20(27-11-26-19)9-17(16)22-12)24(3)15-5-13-7-21(25)23(2)10-14(13)6-15/h4,8-9,13-15H,5-7,10-11H2,1-3H3/t13-,14+,15-/m0/s1. The van der Waals surface area contributed by atoms with E-state index in [9.17, 15) is 4.79 Å². The van der Waals surface area contributed by atoms with Crippen LogP contribution in [-0.4, -0.2) is 49.3 Å². The van der Waals surface area contributed by atoms with Gasteiger partial charge in [0.15, 0.2) is 11.5 Å². The molecule has 0 bridgehead atoms. The molecule has 2 aromatic rings. The first-order valence-corrected chi connectivity index (χ1v) is 9.67. The zero-order valence-electron chi connectivity index (χ0n) is 16.1. The van der Waals surface area contributed by atoms with E-state index in [0.29, 0.717) is 24.3 Å². The van der Waals surface area contributed by atoms with E-state index in [-0.39, 0.29) is 12.7 Å². The second-order valence-corrected chi connectivity index (χ2v) is 8.24. The van der Waals surface area contributed by atoms with Gasteiger partial charge in [0.05, 0.1) is 5.52 Å². The lowest BCUT2D eigenvalue weighted by Crippen LogP contribution is -2.39. The van der Waals surface area contributed by atoms with Gasteiger partial charge in [-0.15, -0.1) is 0 Å². The van der Waals surface area contributed by atoms with Crippen molar-refractivity contribution in [3.63, 3.8) is 0 Å². The van der Waals surface area contributed by atoms with E-state index in [1.165, 1.54) is 5.69 Å². The first kappa shape index (κ1) is 16.7. The van der Waals surface area contributed by atoms with Gasteiger partial charge in [0.1, 0.15) is 0 Å². The Morgan fingerprint density at radius 3 is 2.70 bits per heavy atom. The summed E-state index contributed by atoms with van der Waals surface area (Å²) in [5.74, 6) is 2.96. The van der Waals surface area contributed by atoms with E-state index in [2.05, 4.69) is 24.1 Å². The number of nitrogens with zero attached hydrogens (tertiary/aromatic N) is 3. The largest absolute Gasteiger partial charge is 0.454 e. The second kappa shape index (κ2) is 6.01. The summed E-state index contributed by atoms with van der Waals surface area (Å²) < 4.78 is 11.1. The van der Waals surface area contributed by atoms with Crippen LogP contribution in [0.5, 0.6) is 11.5 Å². The van der Waals surface area contributed by atoms with Gasteiger partial charge in [-0.2, -0.15) is 0 Å². The molecule has 0 N–H and O–H groups in total. The van der Waals surface area contributed by atoms with Gasteiger partial charge >= 0.3 is 0 Å². The molecule has 3 atom stereocenters. The van der Waals surface area contributed by atoms with Crippen molar-refractivity contribution in [3.05, 3.63) is 23.9 Å². The summed E-state index contributed by atoms with van der Waals surface area (Å²) in [6, 6.07) is 6.62. The molecule has 6 heteroatoms. The molecule has 3 aliphatic rings. The van der Waals surface area contributed by atoms with Crippen LogP contribution in [0.2, 0.25) is 0 Å². The molecular weight excluding hydrogens is 342 g/mol. The number of carbonyl (C=O) groups is 1. The van der Waals surface area contributed by atoms with Crippen molar-refractivity contribution in [1.82, 2.24) is 9.88 Å². The van der Waals surface area contributed by atoms with Crippen LogP contribution in [0.15, 0.2) is 18.2 Å².